The van der Waals surface area contributed by atoms with Crippen molar-refractivity contribution in [1.82, 2.24) is 4.98 Å². The predicted octanol–water partition coefficient (Wildman–Crippen LogP) is 4.80. The van der Waals surface area contributed by atoms with Gasteiger partial charge in [-0.1, -0.05) is 20.8 Å². The minimum absolute atomic E-state index is 0.0921. The Balaban J connectivity index is 1.54. The van der Waals surface area contributed by atoms with E-state index >= 15 is 0 Å². The molecule has 0 aromatic carbocycles. The summed E-state index contributed by atoms with van der Waals surface area (Å²) in [6.07, 6.45) is 10.0. The van der Waals surface area contributed by atoms with Crippen LogP contribution in [0, 0.1) is 28.6 Å². The van der Waals surface area contributed by atoms with Gasteiger partial charge in [0.1, 0.15) is 5.60 Å². The summed E-state index contributed by atoms with van der Waals surface area (Å²) in [5.74, 6) is 1.99. The molecular formula is C22H31NO2. The fourth-order valence-corrected chi connectivity index (χ4v) is 6.94. The Morgan fingerprint density at radius 1 is 1.16 bits per heavy atom. The number of carbonyl (C=O) groups is 1. The first-order chi connectivity index (χ1) is 11.8. The Bertz CT molecular complexity index is 670. The second-order valence-electron chi connectivity index (χ2n) is 9.66. The number of rotatable bonds is 3. The van der Waals surface area contributed by atoms with Crippen molar-refractivity contribution in [2.24, 2.45) is 28.6 Å². The molecular weight excluding hydrogens is 310 g/mol. The second-order valence-corrected chi connectivity index (χ2v) is 9.66. The molecule has 0 saturated heterocycles. The van der Waals surface area contributed by atoms with Gasteiger partial charge < -0.3 is 4.74 Å². The Labute approximate surface area is 151 Å². The zero-order valence-corrected chi connectivity index (χ0v) is 16.0. The fraction of sp³-hybridized carbons (Fsp3) is 0.727. The van der Waals surface area contributed by atoms with Gasteiger partial charge in [-0.15, -0.1) is 0 Å². The molecule has 3 aliphatic carbocycles. The summed E-state index contributed by atoms with van der Waals surface area (Å²) in [7, 11) is 0. The quantitative estimate of drug-likeness (QED) is 0.741. The SMILES string of the molecule is C[C@@H]1CCC2C(C)(C)[C@H]3C[C@]21CC[C@@]3(C)OC(=O)Cc1ccncc1. The lowest BCUT2D eigenvalue weighted by molar-refractivity contribution is -0.172. The van der Waals surface area contributed by atoms with Crippen molar-refractivity contribution in [3.63, 3.8) is 0 Å². The zero-order chi connectivity index (χ0) is 17.9. The van der Waals surface area contributed by atoms with E-state index in [1.165, 1.54) is 25.7 Å². The fourth-order valence-electron chi connectivity index (χ4n) is 6.94. The van der Waals surface area contributed by atoms with Crippen LogP contribution in [0.4, 0.5) is 0 Å². The predicted molar refractivity (Wildman–Crippen MR) is 97.9 cm³/mol. The zero-order valence-electron chi connectivity index (χ0n) is 16.0. The Morgan fingerprint density at radius 2 is 1.88 bits per heavy atom. The molecule has 3 nitrogen and oxygen atoms in total. The van der Waals surface area contributed by atoms with Crippen LogP contribution in [-0.2, 0) is 16.0 Å². The van der Waals surface area contributed by atoms with Gasteiger partial charge in [0.25, 0.3) is 0 Å². The molecule has 3 aliphatic rings. The number of carbonyl (C=O) groups excluding carboxylic acids is 1. The molecule has 1 aromatic heterocycles. The molecule has 1 spiro atoms. The van der Waals surface area contributed by atoms with Crippen LogP contribution in [0.1, 0.15) is 65.4 Å². The average molecular weight is 341 g/mol. The van der Waals surface area contributed by atoms with Crippen molar-refractivity contribution in [1.29, 1.82) is 0 Å². The van der Waals surface area contributed by atoms with Gasteiger partial charge in [-0.05, 0) is 79.4 Å². The van der Waals surface area contributed by atoms with Crippen LogP contribution in [0.2, 0.25) is 0 Å². The average Bonchev–Trinajstić information content (AvgIpc) is 2.98. The van der Waals surface area contributed by atoms with Crippen LogP contribution in [-0.4, -0.2) is 16.6 Å². The van der Waals surface area contributed by atoms with E-state index in [9.17, 15) is 4.79 Å². The lowest BCUT2D eigenvalue weighted by atomic mass is 9.64. The molecule has 1 heterocycles. The van der Waals surface area contributed by atoms with Crippen LogP contribution in [0.5, 0.6) is 0 Å². The number of nitrogens with zero attached hydrogens (tertiary/aromatic N) is 1. The molecule has 3 saturated carbocycles. The van der Waals surface area contributed by atoms with Crippen LogP contribution in [0.15, 0.2) is 24.5 Å². The first-order valence-electron chi connectivity index (χ1n) is 9.89. The van der Waals surface area contributed by atoms with E-state index in [1.54, 1.807) is 12.4 Å². The molecule has 5 atom stereocenters. The van der Waals surface area contributed by atoms with E-state index < -0.39 is 0 Å². The maximum atomic E-state index is 12.6. The van der Waals surface area contributed by atoms with E-state index in [1.807, 2.05) is 12.1 Å². The van der Waals surface area contributed by atoms with Crippen LogP contribution in [0.3, 0.4) is 0 Å². The molecule has 0 N–H and O–H groups in total. The van der Waals surface area contributed by atoms with Crippen LogP contribution in [0.25, 0.3) is 0 Å². The molecule has 2 bridgehead atoms. The van der Waals surface area contributed by atoms with Crippen molar-refractivity contribution in [2.75, 3.05) is 0 Å². The van der Waals surface area contributed by atoms with Crippen molar-refractivity contribution < 1.29 is 9.53 Å². The highest BCUT2D eigenvalue weighted by atomic mass is 16.6. The molecule has 0 aliphatic heterocycles. The largest absolute Gasteiger partial charge is 0.459 e. The summed E-state index contributed by atoms with van der Waals surface area (Å²) in [6.45, 7) is 9.52. The topological polar surface area (TPSA) is 39.2 Å². The molecule has 0 amide bonds. The summed E-state index contributed by atoms with van der Waals surface area (Å²) in [5.41, 5.74) is 1.42. The maximum Gasteiger partial charge on any atom is 0.310 e. The third-order valence-electron chi connectivity index (χ3n) is 8.21. The van der Waals surface area contributed by atoms with Gasteiger partial charge in [0.15, 0.2) is 0 Å². The third kappa shape index (κ3) is 2.45. The van der Waals surface area contributed by atoms with Gasteiger partial charge >= 0.3 is 5.97 Å². The number of hydrogen-bond donors (Lipinski definition) is 0. The molecule has 3 heteroatoms. The molecule has 4 rings (SSSR count). The standard InChI is InChI=1S/C22H31NO2/c1-15-5-6-17-20(2,3)18-14-22(15,17)10-9-21(18,4)25-19(24)13-16-7-11-23-12-8-16/h7-8,11-12,15,17-18H,5-6,9-10,13-14H2,1-4H3/t15-,17?,18-,21-,22+/m1/s1. The van der Waals surface area contributed by atoms with Crippen molar-refractivity contribution >= 4 is 5.97 Å². The lowest BCUT2D eigenvalue weighted by Crippen LogP contribution is -2.47. The summed E-state index contributed by atoms with van der Waals surface area (Å²) in [5, 5.41) is 0. The van der Waals surface area contributed by atoms with Crippen molar-refractivity contribution in [3.8, 4) is 0 Å². The summed E-state index contributed by atoms with van der Waals surface area (Å²) < 4.78 is 6.19. The van der Waals surface area contributed by atoms with Crippen molar-refractivity contribution in [2.45, 2.75) is 71.8 Å². The van der Waals surface area contributed by atoms with Gasteiger partial charge in [-0.2, -0.15) is 0 Å². The molecule has 1 aromatic rings. The van der Waals surface area contributed by atoms with Crippen LogP contribution < -0.4 is 0 Å². The van der Waals surface area contributed by atoms with Gasteiger partial charge in [-0.3, -0.25) is 9.78 Å². The first-order valence-corrected chi connectivity index (χ1v) is 9.89. The highest BCUT2D eigenvalue weighted by Gasteiger charge is 2.68. The summed E-state index contributed by atoms with van der Waals surface area (Å²) in [4.78, 5) is 16.7. The van der Waals surface area contributed by atoms with Gasteiger partial charge in [-0.25, -0.2) is 0 Å². The van der Waals surface area contributed by atoms with E-state index in [0.717, 1.165) is 23.8 Å². The highest BCUT2D eigenvalue weighted by Crippen LogP contribution is 2.73. The number of hydrogen-bond acceptors (Lipinski definition) is 3. The van der Waals surface area contributed by atoms with Crippen LogP contribution >= 0.6 is 0 Å². The number of fused-ring (bicyclic) bond motifs is 1. The van der Waals surface area contributed by atoms with E-state index in [0.29, 0.717) is 17.8 Å². The van der Waals surface area contributed by atoms with Gasteiger partial charge in [0.2, 0.25) is 0 Å². The normalized spacial score (nSPS) is 41.4. The van der Waals surface area contributed by atoms with E-state index in [4.69, 9.17) is 4.74 Å². The molecule has 136 valence electrons. The highest BCUT2D eigenvalue weighted by molar-refractivity contribution is 5.73. The Morgan fingerprint density at radius 3 is 2.60 bits per heavy atom. The van der Waals surface area contributed by atoms with Crippen molar-refractivity contribution in [3.05, 3.63) is 30.1 Å². The number of esters is 1. The molecule has 3 fully saturated rings. The van der Waals surface area contributed by atoms with Gasteiger partial charge in [0, 0.05) is 18.3 Å². The minimum Gasteiger partial charge on any atom is -0.459 e. The number of aromatic nitrogens is 1. The summed E-state index contributed by atoms with van der Waals surface area (Å²) >= 11 is 0. The Kier molecular flexibility index (Phi) is 3.79. The maximum absolute atomic E-state index is 12.6. The number of ether oxygens (including phenoxy) is 1. The lowest BCUT2D eigenvalue weighted by Gasteiger charge is -2.46. The number of pyridine rings is 1. The second kappa shape index (κ2) is 5.56. The smallest absolute Gasteiger partial charge is 0.310 e. The molecule has 0 radical (unpaired) electrons. The van der Waals surface area contributed by atoms with E-state index in [-0.39, 0.29) is 17.0 Å². The first kappa shape index (κ1) is 17.1. The van der Waals surface area contributed by atoms with Gasteiger partial charge in [0.05, 0.1) is 6.42 Å². The Hall–Kier alpha value is -1.38. The molecule has 25 heavy (non-hydrogen) atoms. The van der Waals surface area contributed by atoms with E-state index in [2.05, 4.69) is 32.7 Å². The summed E-state index contributed by atoms with van der Waals surface area (Å²) in [6, 6.07) is 3.79. The third-order valence-corrected chi connectivity index (χ3v) is 8.21. The minimum atomic E-state index is -0.317. The molecule has 1 unspecified atom stereocenters. The monoisotopic (exact) mass is 341 g/mol.